The Bertz CT molecular complexity index is 688. The average Bonchev–Trinajstić information content (AvgIpc) is 3.18. The molecule has 0 aliphatic carbocycles. The van der Waals surface area contributed by atoms with Gasteiger partial charge in [-0.25, -0.2) is 9.13 Å². The zero-order valence-electron chi connectivity index (χ0n) is 22.1. The minimum atomic E-state index is 1.13. The lowest BCUT2D eigenvalue weighted by Gasteiger charge is -2.05. The second-order valence-corrected chi connectivity index (χ2v) is 10.2. The highest BCUT2D eigenvalue weighted by atomic mass is 15.1. The number of aryl methyl sites for hydroxylation is 3. The maximum absolute atomic E-state index is 2.48. The molecule has 0 spiro atoms. The van der Waals surface area contributed by atoms with Gasteiger partial charge in [-0.05, 0) is 24.8 Å². The first-order valence-corrected chi connectivity index (χ1v) is 14.4. The molecule has 2 heteroatoms. The van der Waals surface area contributed by atoms with Crippen LogP contribution >= 0.6 is 0 Å². The number of nitrogens with zero attached hydrogens (tertiary/aromatic N) is 2. The lowest BCUT2D eigenvalue weighted by atomic mass is 10.0. The average molecular weight is 454 g/mol. The monoisotopic (exact) mass is 453 g/mol. The lowest BCUT2D eigenvalue weighted by Crippen LogP contribution is -2.32. The van der Waals surface area contributed by atoms with E-state index in [1.54, 1.807) is 0 Å². The highest BCUT2D eigenvalue weighted by Crippen LogP contribution is 2.14. The number of unbranched alkanes of at least 4 members (excludes halogenated alkanes) is 15. The van der Waals surface area contributed by atoms with E-state index in [2.05, 4.69) is 65.8 Å². The minimum Gasteiger partial charge on any atom is -0.237 e. The first-order valence-electron chi connectivity index (χ1n) is 14.4. The predicted molar refractivity (Wildman–Crippen MR) is 144 cm³/mol. The molecule has 0 bridgehead atoms. The van der Waals surface area contributed by atoms with E-state index in [9.17, 15) is 0 Å². The van der Waals surface area contributed by atoms with Crippen LogP contribution in [-0.4, -0.2) is 4.57 Å². The van der Waals surface area contributed by atoms with Gasteiger partial charge in [0, 0.05) is 6.42 Å². The minimum absolute atomic E-state index is 1.13. The molecule has 0 atom stereocenters. The third-order valence-corrected chi connectivity index (χ3v) is 7.17. The van der Waals surface area contributed by atoms with E-state index >= 15 is 0 Å². The number of hydrogen-bond acceptors (Lipinski definition) is 0. The van der Waals surface area contributed by atoms with Crippen LogP contribution in [0.25, 0.3) is 0 Å². The molecule has 1 aromatic heterocycles. The van der Waals surface area contributed by atoms with Gasteiger partial charge in [-0.15, -0.1) is 0 Å². The Labute approximate surface area is 205 Å². The summed E-state index contributed by atoms with van der Waals surface area (Å²) in [6, 6.07) is 10.9. The summed E-state index contributed by atoms with van der Waals surface area (Å²) in [6.07, 6.45) is 31.1. The van der Waals surface area contributed by atoms with E-state index in [-0.39, 0.29) is 0 Å². The number of aromatic nitrogens is 2. The number of hydrogen-bond donors (Lipinski definition) is 0. The molecule has 1 aromatic carbocycles. The van der Waals surface area contributed by atoms with E-state index in [1.165, 1.54) is 133 Å². The highest BCUT2D eigenvalue weighted by Gasteiger charge is 2.13. The van der Waals surface area contributed by atoms with Gasteiger partial charge >= 0.3 is 0 Å². The third kappa shape index (κ3) is 13.0. The molecule has 0 aliphatic heterocycles. The summed E-state index contributed by atoms with van der Waals surface area (Å²) >= 11 is 0. The largest absolute Gasteiger partial charge is 0.256 e. The Kier molecular flexibility index (Phi) is 15.8. The predicted octanol–water partition coefficient (Wildman–Crippen LogP) is 8.75. The van der Waals surface area contributed by atoms with Gasteiger partial charge in [0.2, 0.25) is 0 Å². The van der Waals surface area contributed by atoms with Crippen molar-refractivity contribution in [1.82, 2.24) is 4.57 Å². The van der Waals surface area contributed by atoms with E-state index in [0.29, 0.717) is 0 Å². The molecule has 0 amide bonds. The zero-order chi connectivity index (χ0) is 23.4. The second kappa shape index (κ2) is 18.8. The number of imidazole rings is 1. The summed E-state index contributed by atoms with van der Waals surface area (Å²) < 4.78 is 4.81. The van der Waals surface area contributed by atoms with Crippen LogP contribution in [0.4, 0.5) is 0 Å². The molecule has 0 fully saturated rings. The van der Waals surface area contributed by atoms with Crippen molar-refractivity contribution in [3.05, 3.63) is 54.1 Å². The maximum Gasteiger partial charge on any atom is 0.256 e. The summed E-state index contributed by atoms with van der Waals surface area (Å²) in [5.41, 5.74) is 1.45. The summed E-state index contributed by atoms with van der Waals surface area (Å²) in [7, 11) is 2.20. The SMILES string of the molecule is CCCCCCCCCCCCCCCCCCc1n(CCCc2ccccc2)cc[n+]1C. The van der Waals surface area contributed by atoms with Crippen LogP contribution in [0.5, 0.6) is 0 Å². The summed E-state index contributed by atoms with van der Waals surface area (Å²) in [4.78, 5) is 0. The lowest BCUT2D eigenvalue weighted by molar-refractivity contribution is -0.678. The Hall–Kier alpha value is -1.57. The van der Waals surface area contributed by atoms with Crippen molar-refractivity contribution < 1.29 is 4.57 Å². The standard InChI is InChI=1S/C31H53N2/c1-3-4-5-6-7-8-9-10-11-12-13-14-15-16-17-21-26-31-32(2)28-29-33(31)27-22-25-30-23-19-18-20-24-30/h18-20,23-24,28-29H,3-17,21-22,25-27H2,1-2H3/q+1. The van der Waals surface area contributed by atoms with Crippen molar-refractivity contribution in [2.24, 2.45) is 7.05 Å². The van der Waals surface area contributed by atoms with Crippen molar-refractivity contribution in [3.63, 3.8) is 0 Å². The van der Waals surface area contributed by atoms with E-state index in [1.807, 2.05) is 0 Å². The fourth-order valence-corrected chi connectivity index (χ4v) is 5.01. The molecule has 2 aromatic rings. The molecule has 0 saturated heterocycles. The van der Waals surface area contributed by atoms with Crippen molar-refractivity contribution in [1.29, 1.82) is 0 Å². The Morgan fingerprint density at radius 3 is 1.67 bits per heavy atom. The maximum atomic E-state index is 2.48. The zero-order valence-corrected chi connectivity index (χ0v) is 22.1. The normalized spacial score (nSPS) is 11.3. The van der Waals surface area contributed by atoms with Crippen LogP contribution < -0.4 is 4.57 Å². The molecule has 0 radical (unpaired) electrons. The molecule has 2 rings (SSSR count). The smallest absolute Gasteiger partial charge is 0.237 e. The van der Waals surface area contributed by atoms with Crippen molar-refractivity contribution in [2.75, 3.05) is 0 Å². The van der Waals surface area contributed by atoms with Gasteiger partial charge in [-0.2, -0.15) is 0 Å². The molecular formula is C31H53N2+. The van der Waals surface area contributed by atoms with Crippen molar-refractivity contribution >= 4 is 0 Å². The fourth-order valence-electron chi connectivity index (χ4n) is 5.01. The highest BCUT2D eigenvalue weighted by molar-refractivity contribution is 5.14. The summed E-state index contributed by atoms with van der Waals surface area (Å²) in [5.74, 6) is 1.49. The van der Waals surface area contributed by atoms with E-state index in [4.69, 9.17) is 0 Å². The van der Waals surface area contributed by atoms with Crippen molar-refractivity contribution in [3.8, 4) is 0 Å². The van der Waals surface area contributed by atoms with Crippen LogP contribution in [0.3, 0.4) is 0 Å². The first kappa shape index (κ1) is 27.7. The van der Waals surface area contributed by atoms with Crippen LogP contribution in [-0.2, 0) is 26.4 Å². The summed E-state index contributed by atoms with van der Waals surface area (Å²) in [5, 5.41) is 0. The molecule has 33 heavy (non-hydrogen) atoms. The van der Waals surface area contributed by atoms with Crippen LogP contribution in [0, 0.1) is 0 Å². The molecular weight excluding hydrogens is 400 g/mol. The van der Waals surface area contributed by atoms with Crippen LogP contribution in [0.15, 0.2) is 42.7 Å². The Balaban J connectivity index is 1.42. The second-order valence-electron chi connectivity index (χ2n) is 10.2. The van der Waals surface area contributed by atoms with Gasteiger partial charge in [0.25, 0.3) is 5.82 Å². The fraction of sp³-hybridized carbons (Fsp3) is 0.710. The first-order chi connectivity index (χ1) is 16.3. The van der Waals surface area contributed by atoms with Crippen molar-refractivity contribution in [2.45, 2.75) is 135 Å². The molecule has 0 aliphatic rings. The molecule has 1 heterocycles. The van der Waals surface area contributed by atoms with Gasteiger partial charge in [-0.1, -0.05) is 134 Å². The van der Waals surface area contributed by atoms with Crippen LogP contribution in [0.1, 0.15) is 127 Å². The molecule has 0 saturated carbocycles. The quantitative estimate of drug-likeness (QED) is 0.132. The van der Waals surface area contributed by atoms with Gasteiger partial charge in [0.15, 0.2) is 0 Å². The number of benzene rings is 1. The topological polar surface area (TPSA) is 8.81 Å². The third-order valence-electron chi connectivity index (χ3n) is 7.17. The molecule has 0 unspecified atom stereocenters. The Morgan fingerprint density at radius 2 is 1.12 bits per heavy atom. The van der Waals surface area contributed by atoms with Gasteiger partial charge in [-0.3, -0.25) is 0 Å². The van der Waals surface area contributed by atoms with Gasteiger partial charge in [0.05, 0.1) is 13.6 Å². The molecule has 0 N–H and O–H groups in total. The number of rotatable bonds is 21. The van der Waals surface area contributed by atoms with Gasteiger partial charge < -0.3 is 0 Å². The van der Waals surface area contributed by atoms with E-state index in [0.717, 1.165) is 6.54 Å². The van der Waals surface area contributed by atoms with E-state index < -0.39 is 0 Å². The van der Waals surface area contributed by atoms with Crippen LogP contribution in [0.2, 0.25) is 0 Å². The Morgan fingerprint density at radius 1 is 0.606 bits per heavy atom. The van der Waals surface area contributed by atoms with Gasteiger partial charge in [0.1, 0.15) is 12.4 Å². The summed E-state index contributed by atoms with van der Waals surface area (Å²) in [6.45, 7) is 3.43. The molecule has 2 nitrogen and oxygen atoms in total. The molecule has 186 valence electrons.